The van der Waals surface area contributed by atoms with Crippen LogP contribution in [0.25, 0.3) is 0 Å². The first kappa shape index (κ1) is 23.0. The lowest BCUT2D eigenvalue weighted by molar-refractivity contribution is -0.136. The molecule has 6 heteroatoms. The van der Waals surface area contributed by atoms with Gasteiger partial charge in [0.15, 0.2) is 0 Å². The number of halogens is 2. The average molecular weight is 394 g/mol. The molecule has 1 heterocycles. The fourth-order valence-electron chi connectivity index (χ4n) is 4.99. The van der Waals surface area contributed by atoms with E-state index in [1.54, 1.807) is 0 Å². The van der Waals surface area contributed by atoms with Crippen LogP contribution in [0.5, 0.6) is 0 Å². The Hall–Kier alpha value is -0.0300. The standard InChI is InChI=1S/C19H35N3O.2ClH/c20-14-17-8-4-9-18(17)19(23)22-11-5-10-21(12-13-22)15-16-6-2-1-3-7-16;;/h16-18H,1-15,20H2;2*1H/t17-,18-;;/m1../s1. The van der Waals surface area contributed by atoms with E-state index in [2.05, 4.69) is 9.80 Å². The zero-order chi connectivity index (χ0) is 16.1. The highest BCUT2D eigenvalue weighted by Crippen LogP contribution is 2.32. The van der Waals surface area contributed by atoms with Crippen LogP contribution in [0.1, 0.15) is 57.8 Å². The average Bonchev–Trinajstić information content (AvgIpc) is 2.95. The lowest BCUT2D eigenvalue weighted by atomic mass is 9.89. The Labute approximate surface area is 166 Å². The van der Waals surface area contributed by atoms with Gasteiger partial charge in [-0.2, -0.15) is 0 Å². The molecule has 148 valence electrons. The summed E-state index contributed by atoms with van der Waals surface area (Å²) in [6, 6.07) is 0. The molecular formula is C19H37Cl2N3O. The minimum atomic E-state index is 0. The molecule has 3 fully saturated rings. The fraction of sp³-hybridized carbons (Fsp3) is 0.947. The third-order valence-corrected chi connectivity index (χ3v) is 6.42. The van der Waals surface area contributed by atoms with Crippen molar-refractivity contribution in [2.24, 2.45) is 23.5 Å². The minimum absolute atomic E-state index is 0. The van der Waals surface area contributed by atoms with Gasteiger partial charge in [-0.3, -0.25) is 4.79 Å². The number of nitrogens with two attached hydrogens (primary N) is 1. The molecule has 2 saturated carbocycles. The molecule has 2 N–H and O–H groups in total. The number of hydrogen-bond acceptors (Lipinski definition) is 3. The number of carbonyl (C=O) groups excluding carboxylic acids is 1. The second-order valence-electron chi connectivity index (χ2n) is 8.02. The molecule has 0 unspecified atom stereocenters. The third-order valence-electron chi connectivity index (χ3n) is 6.42. The Morgan fingerprint density at radius 3 is 2.32 bits per heavy atom. The second kappa shape index (κ2) is 11.6. The highest BCUT2D eigenvalue weighted by atomic mass is 35.5. The second-order valence-corrected chi connectivity index (χ2v) is 8.02. The van der Waals surface area contributed by atoms with Crippen LogP contribution in [-0.2, 0) is 4.79 Å². The van der Waals surface area contributed by atoms with Gasteiger partial charge in [-0.15, -0.1) is 24.8 Å². The van der Waals surface area contributed by atoms with Crippen molar-refractivity contribution in [3.05, 3.63) is 0 Å². The quantitative estimate of drug-likeness (QED) is 0.796. The summed E-state index contributed by atoms with van der Waals surface area (Å²) in [5, 5.41) is 0. The summed E-state index contributed by atoms with van der Waals surface area (Å²) in [5.74, 6) is 1.95. The predicted octanol–water partition coefficient (Wildman–Crippen LogP) is 3.32. The number of hydrogen-bond donors (Lipinski definition) is 1. The lowest BCUT2D eigenvalue weighted by Gasteiger charge is -2.29. The molecule has 3 aliphatic rings. The summed E-state index contributed by atoms with van der Waals surface area (Å²) in [7, 11) is 0. The molecule has 1 aliphatic heterocycles. The molecule has 0 spiro atoms. The van der Waals surface area contributed by atoms with Gasteiger partial charge in [0.05, 0.1) is 0 Å². The number of amides is 1. The first-order chi connectivity index (χ1) is 11.3. The largest absolute Gasteiger partial charge is 0.341 e. The lowest BCUT2D eigenvalue weighted by Crippen LogP contribution is -2.41. The maximum absolute atomic E-state index is 12.9. The normalized spacial score (nSPS) is 28.8. The summed E-state index contributed by atoms with van der Waals surface area (Å²) in [5.41, 5.74) is 5.87. The number of nitrogens with zero attached hydrogens (tertiary/aromatic N) is 2. The first-order valence-corrected chi connectivity index (χ1v) is 9.99. The third kappa shape index (κ3) is 6.27. The monoisotopic (exact) mass is 393 g/mol. The molecule has 0 aromatic rings. The van der Waals surface area contributed by atoms with Gasteiger partial charge in [0.2, 0.25) is 5.91 Å². The van der Waals surface area contributed by atoms with Crippen LogP contribution in [0.2, 0.25) is 0 Å². The van der Waals surface area contributed by atoms with E-state index >= 15 is 0 Å². The van der Waals surface area contributed by atoms with Gasteiger partial charge in [-0.05, 0) is 57.0 Å². The Balaban J connectivity index is 0.00000156. The Morgan fingerprint density at radius 1 is 0.840 bits per heavy atom. The zero-order valence-electron chi connectivity index (χ0n) is 15.5. The van der Waals surface area contributed by atoms with E-state index in [1.807, 2.05) is 0 Å². The van der Waals surface area contributed by atoms with Crippen LogP contribution >= 0.6 is 24.8 Å². The molecule has 3 rings (SSSR count). The summed E-state index contributed by atoms with van der Waals surface area (Å²) in [4.78, 5) is 17.6. The molecule has 2 aliphatic carbocycles. The Bertz CT molecular complexity index is 391. The van der Waals surface area contributed by atoms with Gasteiger partial charge in [-0.1, -0.05) is 25.7 Å². The van der Waals surface area contributed by atoms with Gasteiger partial charge in [-0.25, -0.2) is 0 Å². The van der Waals surface area contributed by atoms with Crippen molar-refractivity contribution in [3.63, 3.8) is 0 Å². The van der Waals surface area contributed by atoms with E-state index < -0.39 is 0 Å². The van der Waals surface area contributed by atoms with E-state index in [0.29, 0.717) is 18.4 Å². The maximum atomic E-state index is 12.9. The van der Waals surface area contributed by atoms with Gasteiger partial charge < -0.3 is 15.5 Å². The Morgan fingerprint density at radius 2 is 1.60 bits per heavy atom. The highest BCUT2D eigenvalue weighted by molar-refractivity contribution is 5.85. The molecule has 0 radical (unpaired) electrons. The van der Waals surface area contributed by atoms with Gasteiger partial charge in [0, 0.05) is 32.1 Å². The van der Waals surface area contributed by atoms with Crippen molar-refractivity contribution in [2.45, 2.75) is 57.8 Å². The highest BCUT2D eigenvalue weighted by Gasteiger charge is 2.35. The van der Waals surface area contributed by atoms with Crippen LogP contribution in [-0.4, -0.2) is 55.0 Å². The zero-order valence-corrected chi connectivity index (χ0v) is 17.2. The maximum Gasteiger partial charge on any atom is 0.226 e. The molecule has 0 bridgehead atoms. The van der Waals surface area contributed by atoms with E-state index in [9.17, 15) is 4.79 Å². The van der Waals surface area contributed by atoms with Crippen molar-refractivity contribution in [1.29, 1.82) is 0 Å². The van der Waals surface area contributed by atoms with Crippen molar-refractivity contribution in [1.82, 2.24) is 9.80 Å². The van der Waals surface area contributed by atoms with Crippen LogP contribution in [0.3, 0.4) is 0 Å². The molecular weight excluding hydrogens is 357 g/mol. The van der Waals surface area contributed by atoms with Crippen molar-refractivity contribution in [3.8, 4) is 0 Å². The van der Waals surface area contributed by atoms with Crippen molar-refractivity contribution < 1.29 is 4.79 Å². The molecule has 1 amide bonds. The van der Waals surface area contributed by atoms with Gasteiger partial charge >= 0.3 is 0 Å². The fourth-order valence-corrected chi connectivity index (χ4v) is 4.99. The molecule has 4 nitrogen and oxygen atoms in total. The van der Waals surface area contributed by atoms with Crippen LogP contribution in [0.4, 0.5) is 0 Å². The van der Waals surface area contributed by atoms with Crippen LogP contribution in [0.15, 0.2) is 0 Å². The van der Waals surface area contributed by atoms with E-state index in [-0.39, 0.29) is 30.7 Å². The van der Waals surface area contributed by atoms with Crippen molar-refractivity contribution >= 4 is 30.7 Å². The molecule has 0 aromatic heterocycles. The van der Waals surface area contributed by atoms with Gasteiger partial charge in [0.1, 0.15) is 0 Å². The predicted molar refractivity (Wildman–Crippen MR) is 109 cm³/mol. The summed E-state index contributed by atoms with van der Waals surface area (Å²) in [6.45, 7) is 6.07. The number of rotatable bonds is 4. The number of carbonyl (C=O) groups is 1. The summed E-state index contributed by atoms with van der Waals surface area (Å²) in [6.07, 6.45) is 11.6. The molecule has 2 atom stereocenters. The minimum Gasteiger partial charge on any atom is -0.341 e. The van der Waals surface area contributed by atoms with Gasteiger partial charge in [0.25, 0.3) is 0 Å². The summed E-state index contributed by atoms with van der Waals surface area (Å²) >= 11 is 0. The smallest absolute Gasteiger partial charge is 0.226 e. The van der Waals surface area contributed by atoms with Crippen LogP contribution < -0.4 is 5.73 Å². The SMILES string of the molecule is Cl.Cl.NC[C@H]1CCC[C@H]1C(=O)N1CCCN(CC2CCCCC2)CC1. The molecule has 1 saturated heterocycles. The van der Waals surface area contributed by atoms with E-state index in [1.165, 1.54) is 51.6 Å². The molecule has 25 heavy (non-hydrogen) atoms. The topological polar surface area (TPSA) is 49.6 Å². The van der Waals surface area contributed by atoms with E-state index in [0.717, 1.165) is 44.8 Å². The summed E-state index contributed by atoms with van der Waals surface area (Å²) < 4.78 is 0. The van der Waals surface area contributed by atoms with E-state index in [4.69, 9.17) is 5.73 Å². The van der Waals surface area contributed by atoms with Crippen LogP contribution in [0, 0.1) is 17.8 Å². The van der Waals surface area contributed by atoms with Crippen molar-refractivity contribution in [2.75, 3.05) is 39.3 Å². The Kier molecular flexibility index (Phi) is 10.7. The first-order valence-electron chi connectivity index (χ1n) is 9.99. The molecule has 0 aromatic carbocycles.